The number of benzene rings is 1. The first-order valence-corrected chi connectivity index (χ1v) is 9.73. The van der Waals surface area contributed by atoms with Gasteiger partial charge in [0.05, 0.1) is 42.1 Å². The number of nitrogens with one attached hydrogen (secondary N) is 3. The first-order valence-electron chi connectivity index (χ1n) is 9.73. The van der Waals surface area contributed by atoms with Crippen LogP contribution in [-0.4, -0.2) is 59.6 Å². The van der Waals surface area contributed by atoms with Gasteiger partial charge in [-0.05, 0) is 38.5 Å². The number of aromatic nitrogens is 2. The standard InChI is InChI=1S/C20H30N6O3/c1-20(2,3)29-13-22-17-11-23-25-18(17)19(27)24-16-5-4-14(10-15(16)21)12-26-6-8-28-9-7-26/h4-5,10-11,22H,6-9,12-13,21H2,1-3H3,(H,23,25)(H,24,27). The number of H-pyrrole nitrogens is 1. The number of anilines is 3. The van der Waals surface area contributed by atoms with E-state index in [4.69, 9.17) is 15.2 Å². The summed E-state index contributed by atoms with van der Waals surface area (Å²) in [7, 11) is 0. The first-order chi connectivity index (χ1) is 13.8. The van der Waals surface area contributed by atoms with Crippen molar-refractivity contribution in [3.8, 4) is 0 Å². The summed E-state index contributed by atoms with van der Waals surface area (Å²) >= 11 is 0. The minimum atomic E-state index is -0.326. The number of morpholine rings is 1. The van der Waals surface area contributed by atoms with Gasteiger partial charge < -0.3 is 25.8 Å². The zero-order chi connectivity index (χ0) is 20.9. The van der Waals surface area contributed by atoms with Crippen LogP contribution in [-0.2, 0) is 16.0 Å². The summed E-state index contributed by atoms with van der Waals surface area (Å²) < 4.78 is 11.0. The maximum absolute atomic E-state index is 12.7. The van der Waals surface area contributed by atoms with Crippen LogP contribution in [0.4, 0.5) is 17.1 Å². The molecule has 0 spiro atoms. The van der Waals surface area contributed by atoms with E-state index in [2.05, 4.69) is 25.7 Å². The summed E-state index contributed by atoms with van der Waals surface area (Å²) in [5.74, 6) is -0.326. The van der Waals surface area contributed by atoms with Crippen molar-refractivity contribution in [2.24, 2.45) is 0 Å². The van der Waals surface area contributed by atoms with Crippen molar-refractivity contribution in [3.05, 3.63) is 35.7 Å². The van der Waals surface area contributed by atoms with Crippen LogP contribution in [0.5, 0.6) is 0 Å². The van der Waals surface area contributed by atoms with E-state index >= 15 is 0 Å². The lowest BCUT2D eigenvalue weighted by molar-refractivity contribution is 0.00845. The Balaban J connectivity index is 1.60. The number of aromatic amines is 1. The average molecular weight is 402 g/mol. The maximum Gasteiger partial charge on any atom is 0.275 e. The van der Waals surface area contributed by atoms with E-state index in [-0.39, 0.29) is 18.2 Å². The molecule has 1 saturated heterocycles. The van der Waals surface area contributed by atoms with E-state index in [0.29, 0.717) is 22.8 Å². The van der Waals surface area contributed by atoms with E-state index < -0.39 is 0 Å². The van der Waals surface area contributed by atoms with Crippen molar-refractivity contribution >= 4 is 23.0 Å². The number of nitrogens with two attached hydrogens (primary N) is 1. The molecule has 3 rings (SSSR count). The third kappa shape index (κ3) is 6.18. The maximum atomic E-state index is 12.7. The molecule has 0 atom stereocenters. The molecule has 1 aromatic carbocycles. The Hall–Kier alpha value is -2.62. The Labute approximate surface area is 170 Å². The van der Waals surface area contributed by atoms with Crippen molar-refractivity contribution in [2.45, 2.75) is 32.9 Å². The van der Waals surface area contributed by atoms with Gasteiger partial charge in [-0.2, -0.15) is 5.10 Å². The molecule has 158 valence electrons. The summed E-state index contributed by atoms with van der Waals surface area (Å²) in [4.78, 5) is 15.0. The lowest BCUT2D eigenvalue weighted by Gasteiger charge is -2.26. The van der Waals surface area contributed by atoms with E-state index in [1.54, 1.807) is 6.20 Å². The van der Waals surface area contributed by atoms with Crippen LogP contribution in [0.3, 0.4) is 0 Å². The summed E-state index contributed by atoms with van der Waals surface area (Å²) in [6.45, 7) is 10.3. The zero-order valence-corrected chi connectivity index (χ0v) is 17.2. The van der Waals surface area contributed by atoms with Crippen LogP contribution in [0.15, 0.2) is 24.4 Å². The number of hydrogen-bond donors (Lipinski definition) is 4. The monoisotopic (exact) mass is 402 g/mol. The molecule has 2 aromatic rings. The van der Waals surface area contributed by atoms with Crippen LogP contribution >= 0.6 is 0 Å². The van der Waals surface area contributed by atoms with E-state index in [0.717, 1.165) is 38.4 Å². The number of amides is 1. The minimum Gasteiger partial charge on any atom is -0.397 e. The number of nitrogen functional groups attached to an aromatic ring is 1. The fraction of sp³-hybridized carbons (Fsp3) is 0.500. The van der Waals surface area contributed by atoms with Gasteiger partial charge in [-0.1, -0.05) is 6.07 Å². The summed E-state index contributed by atoms with van der Waals surface area (Å²) in [6, 6.07) is 5.70. The lowest BCUT2D eigenvalue weighted by atomic mass is 10.1. The van der Waals surface area contributed by atoms with Crippen LogP contribution in [0, 0.1) is 0 Å². The molecule has 0 unspecified atom stereocenters. The summed E-state index contributed by atoms with van der Waals surface area (Å²) in [5, 5.41) is 12.6. The van der Waals surface area contributed by atoms with Gasteiger partial charge in [0.1, 0.15) is 12.4 Å². The number of nitrogens with zero attached hydrogens (tertiary/aromatic N) is 2. The van der Waals surface area contributed by atoms with Gasteiger partial charge in [-0.3, -0.25) is 14.8 Å². The molecule has 9 nitrogen and oxygen atoms in total. The van der Waals surface area contributed by atoms with Gasteiger partial charge >= 0.3 is 0 Å². The Morgan fingerprint density at radius 1 is 1.31 bits per heavy atom. The van der Waals surface area contributed by atoms with Gasteiger partial charge in [-0.25, -0.2) is 0 Å². The second-order valence-corrected chi connectivity index (χ2v) is 8.00. The third-order valence-corrected chi connectivity index (χ3v) is 4.51. The molecule has 5 N–H and O–H groups in total. The van der Waals surface area contributed by atoms with Crippen LogP contribution in [0.25, 0.3) is 0 Å². The highest BCUT2D eigenvalue weighted by molar-refractivity contribution is 6.07. The molecular formula is C20H30N6O3. The highest BCUT2D eigenvalue weighted by Gasteiger charge is 2.17. The van der Waals surface area contributed by atoms with Crippen molar-refractivity contribution in [1.82, 2.24) is 15.1 Å². The molecular weight excluding hydrogens is 372 g/mol. The molecule has 2 heterocycles. The first kappa shape index (κ1) is 21.1. The van der Waals surface area contributed by atoms with Gasteiger partial charge in [-0.15, -0.1) is 0 Å². The van der Waals surface area contributed by atoms with Gasteiger partial charge in [0.2, 0.25) is 0 Å². The SMILES string of the molecule is CC(C)(C)OCNc1cn[nH]c1C(=O)Nc1ccc(CN2CCOCC2)cc1N. The van der Waals surface area contributed by atoms with Gasteiger partial charge in [0.15, 0.2) is 0 Å². The van der Waals surface area contributed by atoms with Gasteiger partial charge in [0.25, 0.3) is 5.91 Å². The Morgan fingerprint density at radius 3 is 2.76 bits per heavy atom. The molecule has 9 heteroatoms. The molecule has 1 amide bonds. The Kier molecular flexibility index (Phi) is 6.73. The van der Waals surface area contributed by atoms with E-state index in [1.807, 2.05) is 39.0 Å². The third-order valence-electron chi connectivity index (χ3n) is 4.51. The molecule has 0 saturated carbocycles. The summed E-state index contributed by atoms with van der Waals surface area (Å²) in [6.07, 6.45) is 1.55. The molecule has 1 aliphatic rings. The van der Waals surface area contributed by atoms with Crippen molar-refractivity contribution < 1.29 is 14.3 Å². The highest BCUT2D eigenvalue weighted by atomic mass is 16.5. The fourth-order valence-electron chi connectivity index (χ4n) is 2.95. The number of hydrogen-bond acceptors (Lipinski definition) is 7. The zero-order valence-electron chi connectivity index (χ0n) is 17.2. The fourth-order valence-corrected chi connectivity index (χ4v) is 2.95. The molecule has 1 aliphatic heterocycles. The van der Waals surface area contributed by atoms with E-state index in [1.165, 1.54) is 0 Å². The smallest absolute Gasteiger partial charge is 0.275 e. The predicted octanol–water partition coefficient (Wildman–Crippen LogP) is 2.26. The average Bonchev–Trinajstić information content (AvgIpc) is 3.12. The minimum absolute atomic E-state index is 0.266. The van der Waals surface area contributed by atoms with Crippen molar-refractivity contribution in [2.75, 3.05) is 49.4 Å². The number of carbonyl (C=O) groups is 1. The van der Waals surface area contributed by atoms with Gasteiger partial charge in [0, 0.05) is 19.6 Å². The molecule has 1 fully saturated rings. The number of rotatable bonds is 7. The predicted molar refractivity (Wildman–Crippen MR) is 113 cm³/mol. The largest absolute Gasteiger partial charge is 0.397 e. The van der Waals surface area contributed by atoms with Crippen LogP contribution in [0.1, 0.15) is 36.8 Å². The second kappa shape index (κ2) is 9.25. The lowest BCUT2D eigenvalue weighted by Crippen LogP contribution is -2.35. The van der Waals surface area contributed by atoms with Crippen molar-refractivity contribution in [3.63, 3.8) is 0 Å². The quantitative estimate of drug-likeness (QED) is 0.414. The second-order valence-electron chi connectivity index (χ2n) is 8.00. The molecule has 1 aromatic heterocycles. The summed E-state index contributed by atoms with van der Waals surface area (Å²) in [5.41, 5.74) is 8.96. The number of ether oxygens (including phenoxy) is 2. The Bertz CT molecular complexity index is 824. The molecule has 0 bridgehead atoms. The molecule has 29 heavy (non-hydrogen) atoms. The topological polar surface area (TPSA) is 118 Å². The number of carbonyl (C=O) groups excluding carboxylic acids is 1. The Morgan fingerprint density at radius 2 is 2.07 bits per heavy atom. The van der Waals surface area contributed by atoms with Crippen LogP contribution in [0.2, 0.25) is 0 Å². The normalized spacial score (nSPS) is 15.3. The molecule has 0 radical (unpaired) electrons. The molecule has 0 aliphatic carbocycles. The van der Waals surface area contributed by atoms with E-state index in [9.17, 15) is 4.79 Å². The highest BCUT2D eigenvalue weighted by Crippen LogP contribution is 2.23. The van der Waals surface area contributed by atoms with Crippen LogP contribution < -0.4 is 16.4 Å². The van der Waals surface area contributed by atoms with Crippen molar-refractivity contribution in [1.29, 1.82) is 0 Å².